The first-order valence-electron chi connectivity index (χ1n) is 6.11. The van der Waals surface area contributed by atoms with E-state index in [2.05, 4.69) is 20.5 Å². The zero-order valence-corrected chi connectivity index (χ0v) is 10.5. The van der Waals surface area contributed by atoms with Crippen LogP contribution in [-0.2, 0) is 4.79 Å². The summed E-state index contributed by atoms with van der Waals surface area (Å²) in [6.45, 7) is 2.99. The SMILES string of the molecule is CC1(C(=O)O)CCCN(c2cncc3nnnn23)C1. The molecular formula is C11H14N6O2. The van der Waals surface area contributed by atoms with E-state index >= 15 is 0 Å². The first kappa shape index (κ1) is 11.8. The molecule has 1 N–H and O–H groups in total. The van der Waals surface area contributed by atoms with E-state index in [0.29, 0.717) is 18.6 Å². The second-order valence-corrected chi connectivity index (χ2v) is 5.11. The van der Waals surface area contributed by atoms with E-state index in [-0.39, 0.29) is 0 Å². The van der Waals surface area contributed by atoms with Crippen molar-refractivity contribution < 1.29 is 9.90 Å². The molecule has 0 aliphatic carbocycles. The van der Waals surface area contributed by atoms with Gasteiger partial charge >= 0.3 is 5.97 Å². The summed E-state index contributed by atoms with van der Waals surface area (Å²) < 4.78 is 1.58. The van der Waals surface area contributed by atoms with Crippen LogP contribution in [-0.4, -0.2) is 49.2 Å². The topological polar surface area (TPSA) is 96.5 Å². The lowest BCUT2D eigenvalue weighted by Crippen LogP contribution is -2.46. The molecule has 0 spiro atoms. The van der Waals surface area contributed by atoms with Crippen molar-refractivity contribution in [2.24, 2.45) is 5.41 Å². The van der Waals surface area contributed by atoms with Crippen LogP contribution in [0.1, 0.15) is 19.8 Å². The molecule has 3 rings (SSSR count). The lowest BCUT2D eigenvalue weighted by atomic mass is 9.82. The highest BCUT2D eigenvalue weighted by atomic mass is 16.4. The van der Waals surface area contributed by atoms with Gasteiger partial charge in [-0.15, -0.1) is 5.10 Å². The van der Waals surface area contributed by atoms with Crippen molar-refractivity contribution >= 4 is 17.4 Å². The number of hydrogen-bond donors (Lipinski definition) is 1. The molecule has 1 fully saturated rings. The van der Waals surface area contributed by atoms with Gasteiger partial charge in [-0.1, -0.05) is 0 Å². The van der Waals surface area contributed by atoms with Crippen molar-refractivity contribution in [3.05, 3.63) is 12.4 Å². The maximum atomic E-state index is 11.4. The zero-order chi connectivity index (χ0) is 13.5. The molecule has 2 aromatic rings. The standard InChI is InChI=1S/C11H14N6O2/c1-11(10(18)19)3-2-4-16(7-11)9-6-12-5-8-13-14-15-17(8)9/h5-6H,2-4,7H2,1H3,(H,18,19). The summed E-state index contributed by atoms with van der Waals surface area (Å²) in [6.07, 6.45) is 4.74. The fraction of sp³-hybridized carbons (Fsp3) is 0.545. The van der Waals surface area contributed by atoms with Crippen molar-refractivity contribution in [3.63, 3.8) is 0 Å². The maximum Gasteiger partial charge on any atom is 0.311 e. The summed E-state index contributed by atoms with van der Waals surface area (Å²) in [6, 6.07) is 0. The molecule has 3 heterocycles. The smallest absolute Gasteiger partial charge is 0.311 e. The van der Waals surface area contributed by atoms with Gasteiger partial charge in [0.2, 0.25) is 0 Å². The zero-order valence-electron chi connectivity index (χ0n) is 10.5. The molecule has 0 aromatic carbocycles. The summed E-state index contributed by atoms with van der Waals surface area (Å²) in [4.78, 5) is 17.5. The number of hydrogen-bond acceptors (Lipinski definition) is 6. The van der Waals surface area contributed by atoms with Crippen LogP contribution in [0.3, 0.4) is 0 Å². The molecule has 1 atom stereocenters. The van der Waals surface area contributed by atoms with Crippen LogP contribution >= 0.6 is 0 Å². The molecule has 1 unspecified atom stereocenters. The minimum Gasteiger partial charge on any atom is -0.481 e. The van der Waals surface area contributed by atoms with Crippen LogP contribution in [0, 0.1) is 5.41 Å². The number of carboxylic acid groups (broad SMARTS) is 1. The number of tetrazole rings is 1. The lowest BCUT2D eigenvalue weighted by molar-refractivity contribution is -0.148. The number of anilines is 1. The van der Waals surface area contributed by atoms with E-state index in [9.17, 15) is 9.90 Å². The first-order valence-corrected chi connectivity index (χ1v) is 6.11. The van der Waals surface area contributed by atoms with Gasteiger partial charge in [-0.25, -0.2) is 0 Å². The first-order chi connectivity index (χ1) is 9.10. The van der Waals surface area contributed by atoms with E-state index in [4.69, 9.17) is 0 Å². The van der Waals surface area contributed by atoms with Gasteiger partial charge in [0.15, 0.2) is 11.5 Å². The Kier molecular flexibility index (Phi) is 2.58. The number of carbonyl (C=O) groups is 1. The molecule has 0 radical (unpaired) electrons. The van der Waals surface area contributed by atoms with E-state index in [1.165, 1.54) is 0 Å². The molecule has 0 saturated carbocycles. The van der Waals surface area contributed by atoms with Crippen LogP contribution in [0.5, 0.6) is 0 Å². The highest BCUT2D eigenvalue weighted by Gasteiger charge is 2.38. The maximum absolute atomic E-state index is 11.4. The molecule has 0 amide bonds. The van der Waals surface area contributed by atoms with Crippen LogP contribution in [0.15, 0.2) is 12.4 Å². The summed E-state index contributed by atoms with van der Waals surface area (Å²) in [5, 5.41) is 20.7. The highest BCUT2D eigenvalue weighted by molar-refractivity contribution is 5.75. The third kappa shape index (κ3) is 1.88. The molecule has 8 heteroatoms. The van der Waals surface area contributed by atoms with Crippen molar-refractivity contribution in [2.45, 2.75) is 19.8 Å². The van der Waals surface area contributed by atoms with Gasteiger partial charge in [0, 0.05) is 13.1 Å². The second kappa shape index (κ2) is 4.15. The number of fused-ring (bicyclic) bond motifs is 1. The summed E-state index contributed by atoms with van der Waals surface area (Å²) >= 11 is 0. The number of rotatable bonds is 2. The molecule has 19 heavy (non-hydrogen) atoms. The summed E-state index contributed by atoms with van der Waals surface area (Å²) in [5.74, 6) is -0.0382. The number of piperidine rings is 1. The fourth-order valence-electron chi connectivity index (χ4n) is 2.49. The Morgan fingerprint density at radius 2 is 2.32 bits per heavy atom. The molecule has 100 valence electrons. The van der Waals surface area contributed by atoms with Crippen molar-refractivity contribution in [1.82, 2.24) is 25.0 Å². The second-order valence-electron chi connectivity index (χ2n) is 5.11. The van der Waals surface area contributed by atoms with Crippen LogP contribution in [0.25, 0.3) is 5.65 Å². The predicted octanol–water partition coefficient (Wildman–Crippen LogP) is 0.210. The Hall–Kier alpha value is -2.25. The molecular weight excluding hydrogens is 248 g/mol. The van der Waals surface area contributed by atoms with Gasteiger partial charge in [-0.3, -0.25) is 9.78 Å². The number of nitrogens with zero attached hydrogens (tertiary/aromatic N) is 6. The number of carboxylic acids is 1. The number of aliphatic carboxylic acids is 1. The van der Waals surface area contributed by atoms with Crippen molar-refractivity contribution in [2.75, 3.05) is 18.0 Å². The Bertz CT molecular complexity index is 626. The minimum atomic E-state index is -0.769. The third-order valence-electron chi connectivity index (χ3n) is 3.63. The molecule has 1 aliphatic heterocycles. The van der Waals surface area contributed by atoms with Crippen LogP contribution in [0.2, 0.25) is 0 Å². The predicted molar refractivity (Wildman–Crippen MR) is 65.8 cm³/mol. The number of aromatic nitrogens is 5. The van der Waals surface area contributed by atoms with Gasteiger partial charge in [0.1, 0.15) is 0 Å². The normalized spacial score (nSPS) is 23.7. The third-order valence-corrected chi connectivity index (χ3v) is 3.63. The van der Waals surface area contributed by atoms with Gasteiger partial charge in [0.05, 0.1) is 17.8 Å². The monoisotopic (exact) mass is 262 g/mol. The highest BCUT2D eigenvalue weighted by Crippen LogP contribution is 2.32. The average Bonchev–Trinajstić information content (AvgIpc) is 2.86. The minimum absolute atomic E-state index is 0.434. The Morgan fingerprint density at radius 3 is 3.11 bits per heavy atom. The van der Waals surface area contributed by atoms with Crippen molar-refractivity contribution in [3.8, 4) is 0 Å². The van der Waals surface area contributed by atoms with Crippen LogP contribution in [0.4, 0.5) is 5.82 Å². The van der Waals surface area contributed by atoms with Gasteiger partial charge in [0.25, 0.3) is 0 Å². The van der Waals surface area contributed by atoms with Crippen molar-refractivity contribution in [1.29, 1.82) is 0 Å². The Labute approximate surface area is 109 Å². The van der Waals surface area contributed by atoms with E-state index in [1.807, 2.05) is 4.90 Å². The van der Waals surface area contributed by atoms with E-state index in [0.717, 1.165) is 18.8 Å². The summed E-state index contributed by atoms with van der Waals surface area (Å²) in [5.41, 5.74) is -0.186. The molecule has 1 saturated heterocycles. The molecule has 2 aromatic heterocycles. The molecule has 1 aliphatic rings. The van der Waals surface area contributed by atoms with E-state index in [1.54, 1.807) is 23.8 Å². The average molecular weight is 262 g/mol. The Morgan fingerprint density at radius 1 is 1.47 bits per heavy atom. The Balaban J connectivity index is 1.98. The lowest BCUT2D eigenvalue weighted by Gasteiger charge is -2.38. The van der Waals surface area contributed by atoms with Crippen LogP contribution < -0.4 is 4.90 Å². The van der Waals surface area contributed by atoms with E-state index < -0.39 is 11.4 Å². The largest absolute Gasteiger partial charge is 0.481 e. The van der Waals surface area contributed by atoms with Gasteiger partial charge in [-0.2, -0.15) is 4.52 Å². The van der Waals surface area contributed by atoms with Gasteiger partial charge in [-0.05, 0) is 30.2 Å². The molecule has 0 bridgehead atoms. The summed E-state index contributed by atoms with van der Waals surface area (Å²) in [7, 11) is 0. The van der Waals surface area contributed by atoms with Gasteiger partial charge < -0.3 is 10.0 Å². The molecule has 8 nitrogen and oxygen atoms in total. The quantitative estimate of drug-likeness (QED) is 0.826. The fourth-order valence-corrected chi connectivity index (χ4v) is 2.49.